The van der Waals surface area contributed by atoms with Crippen molar-refractivity contribution in [2.24, 2.45) is 5.92 Å². The lowest BCUT2D eigenvalue weighted by atomic mass is 9.90. The molecule has 1 aliphatic carbocycles. The van der Waals surface area contributed by atoms with Crippen LogP contribution in [0, 0.1) is 5.92 Å². The summed E-state index contributed by atoms with van der Waals surface area (Å²) < 4.78 is 0. The Morgan fingerprint density at radius 3 is 1.80 bits per heavy atom. The largest absolute Gasteiger partial charge is 0.344 e. The zero-order valence-corrected chi connectivity index (χ0v) is 6.81. The van der Waals surface area contributed by atoms with Gasteiger partial charge >= 0.3 is 0 Å². The fourth-order valence-corrected chi connectivity index (χ4v) is 1.37. The molecule has 1 rings (SSSR count). The van der Waals surface area contributed by atoms with Crippen LogP contribution in [0.25, 0.3) is 0 Å². The van der Waals surface area contributed by atoms with Crippen molar-refractivity contribution in [3.63, 3.8) is 0 Å². The zero-order chi connectivity index (χ0) is 5.82. The first kappa shape index (κ1) is 12.3. The minimum Gasteiger partial charge on any atom is -0.344 e. The van der Waals surface area contributed by atoms with Crippen LogP contribution in [-0.4, -0.2) is 0 Å². The molecular formula is C8H20N2. The van der Waals surface area contributed by atoms with E-state index < -0.39 is 0 Å². The molecule has 0 radical (unpaired) electrons. The van der Waals surface area contributed by atoms with E-state index in [0.717, 1.165) is 5.92 Å². The Kier molecular flexibility index (Phi) is 8.37. The van der Waals surface area contributed by atoms with Gasteiger partial charge in [0.05, 0.1) is 0 Å². The van der Waals surface area contributed by atoms with Gasteiger partial charge < -0.3 is 12.3 Å². The van der Waals surface area contributed by atoms with E-state index in [1.165, 1.54) is 32.1 Å². The molecule has 1 saturated carbocycles. The molecule has 0 amide bonds. The molecule has 2 nitrogen and oxygen atoms in total. The molecular weight excluding hydrogens is 124 g/mol. The highest BCUT2D eigenvalue weighted by atomic mass is 14.1. The van der Waals surface area contributed by atoms with E-state index >= 15 is 0 Å². The van der Waals surface area contributed by atoms with Gasteiger partial charge in [0, 0.05) is 0 Å². The molecule has 0 aromatic rings. The zero-order valence-electron chi connectivity index (χ0n) is 6.81. The van der Waals surface area contributed by atoms with Crippen molar-refractivity contribution in [1.82, 2.24) is 12.3 Å². The molecule has 0 spiro atoms. The number of hydrogen-bond acceptors (Lipinski definition) is 2. The molecule has 6 N–H and O–H groups in total. The quantitative estimate of drug-likeness (QED) is 0.555. The molecule has 2 heteroatoms. The second-order valence-corrected chi connectivity index (χ2v) is 2.63. The summed E-state index contributed by atoms with van der Waals surface area (Å²) >= 11 is 0. The van der Waals surface area contributed by atoms with Gasteiger partial charge in [-0.3, -0.25) is 0 Å². The van der Waals surface area contributed by atoms with Crippen LogP contribution < -0.4 is 12.3 Å². The van der Waals surface area contributed by atoms with Gasteiger partial charge in [-0.05, 0) is 18.8 Å². The van der Waals surface area contributed by atoms with Gasteiger partial charge in [0.2, 0.25) is 0 Å². The SMILES string of the molecule is C=CC1CCCCC1.N.N. The van der Waals surface area contributed by atoms with Crippen molar-refractivity contribution in [3.8, 4) is 0 Å². The summed E-state index contributed by atoms with van der Waals surface area (Å²) in [6.07, 6.45) is 9.20. The van der Waals surface area contributed by atoms with Gasteiger partial charge in [-0.2, -0.15) is 0 Å². The second kappa shape index (κ2) is 6.78. The molecule has 10 heavy (non-hydrogen) atoms. The van der Waals surface area contributed by atoms with Crippen molar-refractivity contribution < 1.29 is 0 Å². The lowest BCUT2D eigenvalue weighted by molar-refractivity contribution is 0.420. The molecule has 0 atom stereocenters. The van der Waals surface area contributed by atoms with Crippen LogP contribution >= 0.6 is 0 Å². The third-order valence-corrected chi connectivity index (χ3v) is 1.98. The van der Waals surface area contributed by atoms with Gasteiger partial charge in [-0.15, -0.1) is 6.58 Å². The monoisotopic (exact) mass is 144 g/mol. The summed E-state index contributed by atoms with van der Waals surface area (Å²) in [5.41, 5.74) is 0. The predicted molar refractivity (Wildman–Crippen MR) is 46.8 cm³/mol. The van der Waals surface area contributed by atoms with Crippen molar-refractivity contribution >= 4 is 0 Å². The van der Waals surface area contributed by atoms with E-state index in [1.807, 2.05) is 0 Å². The van der Waals surface area contributed by atoms with Gasteiger partial charge in [-0.25, -0.2) is 0 Å². The van der Waals surface area contributed by atoms with Gasteiger partial charge in [0.15, 0.2) is 0 Å². The maximum Gasteiger partial charge on any atom is -0.0236 e. The first-order chi connectivity index (χ1) is 3.93. The summed E-state index contributed by atoms with van der Waals surface area (Å²) in [6, 6.07) is 0. The molecule has 0 saturated heterocycles. The highest BCUT2D eigenvalue weighted by molar-refractivity contribution is 4.80. The maximum absolute atomic E-state index is 3.78. The van der Waals surface area contributed by atoms with E-state index in [-0.39, 0.29) is 12.3 Å². The molecule has 0 heterocycles. The predicted octanol–water partition coefficient (Wildman–Crippen LogP) is 3.08. The Hall–Kier alpha value is -0.340. The minimum atomic E-state index is 0. The standard InChI is InChI=1S/C8H14.2H3N/c1-2-8-6-4-3-5-7-8;;/h2,8H,1,3-7H2;2*1H3. The number of hydrogen-bond donors (Lipinski definition) is 2. The molecule has 1 aliphatic rings. The summed E-state index contributed by atoms with van der Waals surface area (Å²) in [5.74, 6) is 0.851. The summed E-state index contributed by atoms with van der Waals surface area (Å²) in [6.45, 7) is 3.78. The first-order valence-electron chi connectivity index (χ1n) is 3.56. The van der Waals surface area contributed by atoms with Crippen LogP contribution in [-0.2, 0) is 0 Å². The molecule has 62 valence electrons. The van der Waals surface area contributed by atoms with E-state index in [9.17, 15) is 0 Å². The Labute approximate surface area is 63.9 Å². The van der Waals surface area contributed by atoms with Crippen LogP contribution in [0.5, 0.6) is 0 Å². The molecule has 0 aromatic carbocycles. The maximum atomic E-state index is 3.78. The van der Waals surface area contributed by atoms with E-state index in [2.05, 4.69) is 12.7 Å². The average Bonchev–Trinajstić information content (AvgIpc) is 1.90. The highest BCUT2D eigenvalue weighted by Crippen LogP contribution is 2.23. The average molecular weight is 144 g/mol. The van der Waals surface area contributed by atoms with Crippen molar-refractivity contribution in [2.75, 3.05) is 0 Å². The Bertz CT molecular complexity index is 75.3. The van der Waals surface area contributed by atoms with Crippen LogP contribution in [0.2, 0.25) is 0 Å². The summed E-state index contributed by atoms with van der Waals surface area (Å²) in [5, 5.41) is 0. The Balaban J connectivity index is 0. The highest BCUT2D eigenvalue weighted by Gasteiger charge is 2.07. The summed E-state index contributed by atoms with van der Waals surface area (Å²) in [7, 11) is 0. The molecule has 0 bridgehead atoms. The first-order valence-corrected chi connectivity index (χ1v) is 3.56. The molecule has 0 aromatic heterocycles. The third kappa shape index (κ3) is 3.64. The minimum absolute atomic E-state index is 0. The number of rotatable bonds is 1. The van der Waals surface area contributed by atoms with E-state index in [4.69, 9.17) is 0 Å². The van der Waals surface area contributed by atoms with E-state index in [1.54, 1.807) is 0 Å². The normalized spacial score (nSPS) is 18.4. The van der Waals surface area contributed by atoms with Crippen molar-refractivity contribution in [3.05, 3.63) is 12.7 Å². The molecule has 0 aliphatic heterocycles. The fraction of sp³-hybridized carbons (Fsp3) is 0.750. The van der Waals surface area contributed by atoms with Gasteiger partial charge in [-0.1, -0.05) is 25.3 Å². The Morgan fingerprint density at radius 2 is 1.50 bits per heavy atom. The third-order valence-electron chi connectivity index (χ3n) is 1.98. The molecule has 0 unspecified atom stereocenters. The van der Waals surface area contributed by atoms with Gasteiger partial charge in [0.1, 0.15) is 0 Å². The number of allylic oxidation sites excluding steroid dienone is 1. The van der Waals surface area contributed by atoms with Crippen LogP contribution in [0.4, 0.5) is 0 Å². The van der Waals surface area contributed by atoms with Crippen LogP contribution in [0.3, 0.4) is 0 Å². The van der Waals surface area contributed by atoms with Crippen molar-refractivity contribution in [1.29, 1.82) is 0 Å². The van der Waals surface area contributed by atoms with E-state index in [0.29, 0.717) is 0 Å². The Morgan fingerprint density at radius 1 is 1.00 bits per heavy atom. The molecule has 1 fully saturated rings. The fourth-order valence-electron chi connectivity index (χ4n) is 1.37. The van der Waals surface area contributed by atoms with Crippen LogP contribution in [0.1, 0.15) is 32.1 Å². The lowest BCUT2D eigenvalue weighted by Crippen LogP contribution is -2.01. The van der Waals surface area contributed by atoms with Crippen molar-refractivity contribution in [2.45, 2.75) is 32.1 Å². The summed E-state index contributed by atoms with van der Waals surface area (Å²) in [4.78, 5) is 0. The second-order valence-electron chi connectivity index (χ2n) is 2.63. The lowest BCUT2D eigenvalue weighted by Gasteiger charge is -2.16. The topological polar surface area (TPSA) is 70.0 Å². The smallest absolute Gasteiger partial charge is 0.0236 e. The van der Waals surface area contributed by atoms with Gasteiger partial charge in [0.25, 0.3) is 0 Å². The van der Waals surface area contributed by atoms with Crippen LogP contribution in [0.15, 0.2) is 12.7 Å².